The number of hydrogen-bond acceptors (Lipinski definition) is 4. The van der Waals surface area contributed by atoms with Gasteiger partial charge in [-0.3, -0.25) is 4.79 Å². The van der Waals surface area contributed by atoms with E-state index in [1.807, 2.05) is 0 Å². The van der Waals surface area contributed by atoms with Crippen molar-refractivity contribution in [3.63, 3.8) is 0 Å². The van der Waals surface area contributed by atoms with E-state index in [4.69, 9.17) is 11.6 Å². The Morgan fingerprint density at radius 3 is 2.84 bits per heavy atom. The van der Waals surface area contributed by atoms with Gasteiger partial charge in [0, 0.05) is 18.3 Å². The van der Waals surface area contributed by atoms with Crippen LogP contribution in [-0.4, -0.2) is 27.8 Å². The van der Waals surface area contributed by atoms with E-state index in [0.717, 1.165) is 25.0 Å². The summed E-state index contributed by atoms with van der Waals surface area (Å²) in [6.07, 6.45) is 6.66. The van der Waals surface area contributed by atoms with E-state index in [2.05, 4.69) is 30.5 Å². The predicted molar refractivity (Wildman–Crippen MR) is 84.5 cm³/mol. The minimum Gasteiger partial charge on any atom is -0.379 e. The van der Waals surface area contributed by atoms with Gasteiger partial charge in [0.2, 0.25) is 0 Å². The molecule has 0 aliphatic heterocycles. The molecule has 0 saturated heterocycles. The molecule has 1 rings (SSSR count). The Labute approximate surface area is 123 Å². The topological polar surface area (TPSA) is 46.9 Å². The average Bonchev–Trinajstić information content (AvgIpc) is 2.42. The molecule has 0 aromatic carbocycles. The highest BCUT2D eigenvalue weighted by Crippen LogP contribution is 2.18. The molecule has 1 heterocycles. The molecule has 19 heavy (non-hydrogen) atoms. The summed E-state index contributed by atoms with van der Waals surface area (Å²) in [4.78, 5) is 12.0. The van der Waals surface area contributed by atoms with Crippen LogP contribution in [0.2, 0.25) is 5.02 Å². The summed E-state index contributed by atoms with van der Waals surface area (Å²) in [5, 5.41) is 7.71. The Hall–Kier alpha value is -0.680. The number of nitrogens with one attached hydrogen (secondary N) is 1. The molecule has 0 bridgehead atoms. The molecule has 0 aliphatic rings. The van der Waals surface area contributed by atoms with Crippen molar-refractivity contribution in [3.05, 3.63) is 21.6 Å². The normalized spacial score (nSPS) is 12.4. The van der Waals surface area contributed by atoms with Crippen LogP contribution in [0, 0.1) is 0 Å². The highest BCUT2D eigenvalue weighted by atomic mass is 35.5. The van der Waals surface area contributed by atoms with Gasteiger partial charge in [0.05, 0.1) is 11.9 Å². The van der Waals surface area contributed by atoms with Crippen LogP contribution in [-0.2, 0) is 6.54 Å². The molecule has 0 amide bonds. The summed E-state index contributed by atoms with van der Waals surface area (Å²) in [5.41, 5.74) is 0.430. The summed E-state index contributed by atoms with van der Waals surface area (Å²) >= 11 is 7.90. The smallest absolute Gasteiger partial charge is 0.287 e. The third kappa shape index (κ3) is 4.73. The molecule has 6 heteroatoms. The zero-order valence-electron chi connectivity index (χ0n) is 11.8. The Kier molecular flexibility index (Phi) is 7.31. The van der Waals surface area contributed by atoms with Crippen molar-refractivity contribution in [1.82, 2.24) is 9.78 Å². The summed E-state index contributed by atoms with van der Waals surface area (Å²) in [5.74, 6) is 0.978. The first-order chi connectivity index (χ1) is 9.13. The number of rotatable bonds is 8. The van der Waals surface area contributed by atoms with E-state index in [0.29, 0.717) is 18.3 Å². The Bertz CT molecular complexity index is 450. The molecule has 1 aromatic heterocycles. The van der Waals surface area contributed by atoms with Gasteiger partial charge in [-0.1, -0.05) is 31.9 Å². The second-order valence-electron chi connectivity index (χ2n) is 4.46. The number of hydrogen-bond donors (Lipinski definition) is 1. The molecule has 4 nitrogen and oxygen atoms in total. The molecular formula is C13H22ClN3OS. The highest BCUT2D eigenvalue weighted by molar-refractivity contribution is 7.98. The molecule has 1 atom stereocenters. The monoisotopic (exact) mass is 303 g/mol. The molecule has 0 spiro atoms. The van der Waals surface area contributed by atoms with Gasteiger partial charge in [-0.05, 0) is 19.1 Å². The van der Waals surface area contributed by atoms with Crippen molar-refractivity contribution in [1.29, 1.82) is 0 Å². The van der Waals surface area contributed by atoms with Crippen molar-refractivity contribution in [2.24, 2.45) is 0 Å². The second kappa shape index (κ2) is 8.48. The van der Waals surface area contributed by atoms with E-state index < -0.39 is 0 Å². The van der Waals surface area contributed by atoms with Gasteiger partial charge in [-0.15, -0.1) is 0 Å². The maximum Gasteiger partial charge on any atom is 0.287 e. The molecule has 1 N–H and O–H groups in total. The van der Waals surface area contributed by atoms with Crippen molar-refractivity contribution in [2.75, 3.05) is 17.3 Å². The minimum atomic E-state index is -0.209. The number of halogens is 1. The van der Waals surface area contributed by atoms with E-state index in [9.17, 15) is 4.79 Å². The Balaban J connectivity index is 2.86. The summed E-state index contributed by atoms with van der Waals surface area (Å²) in [7, 11) is 0. The van der Waals surface area contributed by atoms with Gasteiger partial charge < -0.3 is 5.32 Å². The van der Waals surface area contributed by atoms with Crippen molar-refractivity contribution in [2.45, 2.75) is 45.7 Å². The maximum atomic E-state index is 12.0. The lowest BCUT2D eigenvalue weighted by atomic mass is 10.2. The third-order valence-corrected chi connectivity index (χ3v) is 4.03. The van der Waals surface area contributed by atoms with Gasteiger partial charge in [-0.25, -0.2) is 4.68 Å². The fourth-order valence-corrected chi connectivity index (χ4v) is 2.64. The number of thioether (sulfide) groups is 1. The van der Waals surface area contributed by atoms with Crippen molar-refractivity contribution < 1.29 is 0 Å². The molecule has 0 aliphatic carbocycles. The number of nitrogens with zero attached hydrogens (tertiary/aromatic N) is 2. The molecule has 0 radical (unpaired) electrons. The molecule has 0 fully saturated rings. The largest absolute Gasteiger partial charge is 0.379 e. The third-order valence-electron chi connectivity index (χ3n) is 2.93. The van der Waals surface area contributed by atoms with Crippen LogP contribution in [0.5, 0.6) is 0 Å². The van der Waals surface area contributed by atoms with Crippen molar-refractivity contribution in [3.8, 4) is 0 Å². The van der Waals surface area contributed by atoms with E-state index in [1.54, 1.807) is 18.0 Å². The maximum absolute atomic E-state index is 12.0. The fourth-order valence-electron chi connectivity index (χ4n) is 1.72. The first-order valence-electron chi connectivity index (χ1n) is 6.65. The zero-order chi connectivity index (χ0) is 14.3. The van der Waals surface area contributed by atoms with Crippen molar-refractivity contribution >= 4 is 29.1 Å². The van der Waals surface area contributed by atoms with Gasteiger partial charge >= 0.3 is 0 Å². The molecule has 108 valence electrons. The number of anilines is 1. The predicted octanol–water partition coefficient (Wildman–Crippen LogP) is 3.25. The standard InChI is InChI=1S/C13H22ClN3OS/c1-4-6-7-17-13(18)12(14)11(8-15-17)16-10(5-2)9-19-3/h8,10,16H,4-7,9H2,1-3H3. The summed E-state index contributed by atoms with van der Waals surface area (Å²) in [6, 6.07) is 0.306. The summed E-state index contributed by atoms with van der Waals surface area (Å²) < 4.78 is 1.44. The van der Waals surface area contributed by atoms with Crippen LogP contribution >= 0.6 is 23.4 Å². The Morgan fingerprint density at radius 2 is 2.26 bits per heavy atom. The van der Waals surface area contributed by atoms with E-state index >= 15 is 0 Å². The van der Waals surface area contributed by atoms with Crippen LogP contribution in [0.15, 0.2) is 11.0 Å². The van der Waals surface area contributed by atoms with Crippen LogP contribution < -0.4 is 10.9 Å². The molecule has 0 saturated carbocycles. The number of aromatic nitrogens is 2. The van der Waals surface area contributed by atoms with E-state index in [-0.39, 0.29) is 10.6 Å². The van der Waals surface area contributed by atoms with Crippen LogP contribution in [0.1, 0.15) is 33.1 Å². The molecule has 1 unspecified atom stereocenters. The van der Waals surface area contributed by atoms with Crippen LogP contribution in [0.3, 0.4) is 0 Å². The first kappa shape index (κ1) is 16.4. The SMILES string of the molecule is CCCCn1ncc(NC(CC)CSC)c(Cl)c1=O. The highest BCUT2D eigenvalue weighted by Gasteiger charge is 2.12. The Morgan fingerprint density at radius 1 is 1.53 bits per heavy atom. The summed E-state index contributed by atoms with van der Waals surface area (Å²) in [6.45, 7) is 4.81. The quantitative estimate of drug-likeness (QED) is 0.801. The van der Waals surface area contributed by atoms with E-state index in [1.165, 1.54) is 4.68 Å². The second-order valence-corrected chi connectivity index (χ2v) is 5.75. The first-order valence-corrected chi connectivity index (χ1v) is 8.42. The molecule has 1 aromatic rings. The molecular weight excluding hydrogens is 282 g/mol. The van der Waals surface area contributed by atoms with Crippen LogP contribution in [0.4, 0.5) is 5.69 Å². The number of unbranched alkanes of at least 4 members (excludes halogenated alkanes) is 1. The van der Waals surface area contributed by atoms with Gasteiger partial charge in [-0.2, -0.15) is 16.9 Å². The lowest BCUT2D eigenvalue weighted by Crippen LogP contribution is -2.27. The lowest BCUT2D eigenvalue weighted by Gasteiger charge is -2.18. The zero-order valence-corrected chi connectivity index (χ0v) is 13.4. The lowest BCUT2D eigenvalue weighted by molar-refractivity contribution is 0.543. The number of aryl methyl sites for hydroxylation is 1. The fraction of sp³-hybridized carbons (Fsp3) is 0.692. The van der Waals surface area contributed by atoms with Gasteiger partial charge in [0.15, 0.2) is 0 Å². The minimum absolute atomic E-state index is 0.209. The van der Waals surface area contributed by atoms with Gasteiger partial charge in [0.1, 0.15) is 5.02 Å². The van der Waals surface area contributed by atoms with Crippen LogP contribution in [0.25, 0.3) is 0 Å². The van der Waals surface area contributed by atoms with Gasteiger partial charge in [0.25, 0.3) is 5.56 Å². The average molecular weight is 304 g/mol.